The van der Waals surface area contributed by atoms with Crippen LogP contribution in [0.5, 0.6) is 0 Å². The van der Waals surface area contributed by atoms with Gasteiger partial charge in [0.25, 0.3) is 5.91 Å². The van der Waals surface area contributed by atoms with Crippen molar-refractivity contribution in [2.45, 2.75) is 25.3 Å². The lowest BCUT2D eigenvalue weighted by atomic mass is 10.0. The van der Waals surface area contributed by atoms with Crippen LogP contribution in [0.25, 0.3) is 11.4 Å². The number of nitrogens with zero attached hydrogens (tertiary/aromatic N) is 4. The highest BCUT2D eigenvalue weighted by atomic mass is 79.9. The molecule has 1 atom stereocenters. The quantitative estimate of drug-likeness (QED) is 0.404. The van der Waals surface area contributed by atoms with E-state index in [1.165, 1.54) is 29.2 Å². The Morgan fingerprint density at radius 1 is 1.21 bits per heavy atom. The van der Waals surface area contributed by atoms with Crippen LogP contribution in [0.1, 0.15) is 41.6 Å². The Morgan fingerprint density at radius 2 is 1.97 bits per heavy atom. The number of hydrogen-bond donors (Lipinski definition) is 0. The maximum atomic E-state index is 14.2. The number of likely N-dealkylation sites (tertiary alicyclic amines) is 1. The number of halogens is 2. The summed E-state index contributed by atoms with van der Waals surface area (Å²) in [5.41, 5.74) is 0.725. The number of carbonyl (C=O) groups excluding carboxylic acids is 2. The van der Waals surface area contributed by atoms with E-state index < -0.39 is 11.7 Å². The first-order valence-electron chi connectivity index (χ1n) is 11.0. The van der Waals surface area contributed by atoms with E-state index in [9.17, 15) is 14.0 Å². The second kappa shape index (κ2) is 10.7. The van der Waals surface area contributed by atoms with Gasteiger partial charge in [-0.2, -0.15) is 4.98 Å². The summed E-state index contributed by atoms with van der Waals surface area (Å²) in [5.74, 6) is -0.642. The molecule has 1 aromatic heterocycles. The highest BCUT2D eigenvalue weighted by molar-refractivity contribution is 9.10. The molecule has 0 aliphatic carbocycles. The Morgan fingerprint density at radius 3 is 2.71 bits per heavy atom. The van der Waals surface area contributed by atoms with Crippen LogP contribution < -0.4 is 0 Å². The predicted octanol–water partition coefficient (Wildman–Crippen LogP) is 5.02. The molecule has 2 heterocycles. The molecule has 9 heteroatoms. The largest absolute Gasteiger partial charge is 0.337 e. The molecule has 1 saturated heterocycles. The summed E-state index contributed by atoms with van der Waals surface area (Å²) in [5, 5.41) is 4.09. The van der Waals surface area contributed by atoms with E-state index in [0.29, 0.717) is 24.7 Å². The lowest BCUT2D eigenvalue weighted by molar-refractivity contribution is -0.136. The summed E-state index contributed by atoms with van der Waals surface area (Å²) in [6, 6.07) is 12.9. The topological polar surface area (TPSA) is 79.5 Å². The van der Waals surface area contributed by atoms with E-state index in [4.69, 9.17) is 4.52 Å². The molecule has 7 nitrogen and oxygen atoms in total. The first-order chi connectivity index (χ1) is 16.5. The fraction of sp³-hybridized carbons (Fsp3) is 0.280. The van der Waals surface area contributed by atoms with Gasteiger partial charge in [-0.05, 0) is 55.7 Å². The number of benzene rings is 2. The SMILES string of the molecule is C=CCN(CC(=O)N1CCCCC1c1nc(-c2ccc(Br)cc2)no1)C(=O)c1ccccc1F. The highest BCUT2D eigenvalue weighted by Crippen LogP contribution is 2.31. The van der Waals surface area contributed by atoms with Gasteiger partial charge in [0.2, 0.25) is 17.6 Å². The monoisotopic (exact) mass is 526 g/mol. The third-order valence-electron chi connectivity index (χ3n) is 5.72. The third-order valence-corrected chi connectivity index (χ3v) is 6.25. The van der Waals surface area contributed by atoms with Crippen LogP contribution in [0.3, 0.4) is 0 Å². The molecule has 1 unspecified atom stereocenters. The third kappa shape index (κ3) is 5.25. The summed E-state index contributed by atoms with van der Waals surface area (Å²) < 4.78 is 20.7. The van der Waals surface area contributed by atoms with Gasteiger partial charge in [-0.15, -0.1) is 6.58 Å². The van der Waals surface area contributed by atoms with Crippen molar-refractivity contribution in [2.24, 2.45) is 0 Å². The molecular formula is C25H24BrFN4O3. The molecule has 176 valence electrons. The van der Waals surface area contributed by atoms with E-state index in [0.717, 1.165) is 22.9 Å². The summed E-state index contributed by atoms with van der Waals surface area (Å²) in [7, 11) is 0. The van der Waals surface area contributed by atoms with Crippen LogP contribution in [0.2, 0.25) is 0 Å². The van der Waals surface area contributed by atoms with Crippen LogP contribution in [-0.2, 0) is 4.79 Å². The molecule has 0 spiro atoms. The maximum Gasteiger partial charge on any atom is 0.257 e. The first-order valence-corrected chi connectivity index (χ1v) is 11.8. The molecule has 0 saturated carbocycles. The van der Waals surface area contributed by atoms with Crippen molar-refractivity contribution < 1.29 is 18.5 Å². The Hall–Kier alpha value is -3.33. The zero-order valence-electron chi connectivity index (χ0n) is 18.5. The van der Waals surface area contributed by atoms with Gasteiger partial charge in [0.15, 0.2) is 0 Å². The fourth-order valence-electron chi connectivity index (χ4n) is 4.01. The Kier molecular flexibility index (Phi) is 7.52. The maximum absolute atomic E-state index is 14.2. The Bertz CT molecular complexity index is 1180. The van der Waals surface area contributed by atoms with Crippen molar-refractivity contribution in [3.8, 4) is 11.4 Å². The van der Waals surface area contributed by atoms with Crippen LogP contribution >= 0.6 is 15.9 Å². The minimum Gasteiger partial charge on any atom is -0.337 e. The fourth-order valence-corrected chi connectivity index (χ4v) is 4.27. The second-order valence-electron chi connectivity index (χ2n) is 8.02. The van der Waals surface area contributed by atoms with Crippen LogP contribution in [-0.4, -0.2) is 51.4 Å². The van der Waals surface area contributed by atoms with Crippen molar-refractivity contribution >= 4 is 27.7 Å². The zero-order chi connectivity index (χ0) is 24.1. The highest BCUT2D eigenvalue weighted by Gasteiger charge is 2.33. The smallest absolute Gasteiger partial charge is 0.257 e. The van der Waals surface area contributed by atoms with Gasteiger partial charge in [-0.3, -0.25) is 9.59 Å². The molecule has 34 heavy (non-hydrogen) atoms. The molecule has 2 aromatic carbocycles. The molecule has 3 aromatic rings. The summed E-state index contributed by atoms with van der Waals surface area (Å²) in [6.45, 7) is 4.09. The van der Waals surface area contributed by atoms with Gasteiger partial charge in [-0.1, -0.05) is 39.3 Å². The lowest BCUT2D eigenvalue weighted by Crippen LogP contribution is -2.46. The molecule has 0 N–H and O–H groups in total. The Balaban J connectivity index is 1.53. The number of hydrogen-bond acceptors (Lipinski definition) is 5. The van der Waals surface area contributed by atoms with Crippen molar-refractivity contribution in [1.82, 2.24) is 19.9 Å². The average molecular weight is 527 g/mol. The number of amides is 2. The van der Waals surface area contributed by atoms with Crippen LogP contribution in [0.4, 0.5) is 4.39 Å². The van der Waals surface area contributed by atoms with Crippen molar-refractivity contribution in [3.05, 3.63) is 82.9 Å². The number of rotatable bonds is 7. The summed E-state index contributed by atoms with van der Waals surface area (Å²) in [6.07, 6.45) is 3.94. The zero-order valence-corrected chi connectivity index (χ0v) is 20.1. The van der Waals surface area contributed by atoms with Crippen molar-refractivity contribution in [2.75, 3.05) is 19.6 Å². The normalized spacial score (nSPS) is 15.7. The van der Waals surface area contributed by atoms with Gasteiger partial charge >= 0.3 is 0 Å². The van der Waals surface area contributed by atoms with Crippen LogP contribution in [0.15, 0.2) is 70.2 Å². The van der Waals surface area contributed by atoms with Crippen molar-refractivity contribution in [3.63, 3.8) is 0 Å². The molecule has 0 bridgehead atoms. The van der Waals surface area contributed by atoms with Gasteiger partial charge in [0.1, 0.15) is 18.4 Å². The van der Waals surface area contributed by atoms with Gasteiger partial charge in [0, 0.05) is 23.1 Å². The minimum atomic E-state index is -0.629. The molecule has 0 radical (unpaired) electrons. The average Bonchev–Trinajstić information content (AvgIpc) is 3.34. The molecular weight excluding hydrogens is 503 g/mol. The lowest BCUT2D eigenvalue weighted by Gasteiger charge is -2.35. The second-order valence-corrected chi connectivity index (χ2v) is 8.93. The first kappa shape index (κ1) is 23.8. The van der Waals surface area contributed by atoms with E-state index in [1.807, 2.05) is 24.3 Å². The summed E-state index contributed by atoms with van der Waals surface area (Å²) in [4.78, 5) is 33.8. The number of carbonyl (C=O) groups is 2. The molecule has 1 aliphatic rings. The van der Waals surface area contributed by atoms with E-state index in [-0.39, 0.29) is 30.6 Å². The van der Waals surface area contributed by atoms with Gasteiger partial charge in [-0.25, -0.2) is 4.39 Å². The van der Waals surface area contributed by atoms with Gasteiger partial charge < -0.3 is 14.3 Å². The van der Waals surface area contributed by atoms with Gasteiger partial charge in [0.05, 0.1) is 5.56 Å². The number of piperidine rings is 1. The van der Waals surface area contributed by atoms with Crippen LogP contribution in [0, 0.1) is 5.82 Å². The number of aromatic nitrogens is 2. The van der Waals surface area contributed by atoms with E-state index >= 15 is 0 Å². The van der Waals surface area contributed by atoms with Crippen molar-refractivity contribution in [1.29, 1.82) is 0 Å². The molecule has 1 fully saturated rings. The molecule has 4 rings (SSSR count). The standard InChI is InChI=1S/C25H24BrFN4O3/c1-2-14-30(25(33)19-7-3-4-8-20(19)27)16-22(32)31-15-6-5-9-21(31)24-28-23(29-34-24)17-10-12-18(26)13-11-17/h2-4,7-8,10-13,21H,1,5-6,9,14-16H2. The minimum absolute atomic E-state index is 0.0802. The predicted molar refractivity (Wildman–Crippen MR) is 128 cm³/mol. The van der Waals surface area contributed by atoms with E-state index in [1.54, 1.807) is 11.0 Å². The molecule has 1 aliphatic heterocycles. The van der Waals surface area contributed by atoms with E-state index in [2.05, 4.69) is 32.6 Å². The summed E-state index contributed by atoms with van der Waals surface area (Å²) >= 11 is 3.41. The Labute approximate surface area is 205 Å². The molecule has 2 amide bonds.